The van der Waals surface area contributed by atoms with E-state index < -0.39 is 5.91 Å². The molecule has 4 N–H and O–H groups in total. The van der Waals surface area contributed by atoms with Crippen molar-refractivity contribution in [2.45, 2.75) is 6.92 Å². The number of carbonyl (C=O) groups is 1. The molecule has 0 atom stereocenters. The first-order valence-electron chi connectivity index (χ1n) is 5.99. The quantitative estimate of drug-likeness (QED) is 0.827. The van der Waals surface area contributed by atoms with Crippen LogP contribution in [0.5, 0.6) is 0 Å². The van der Waals surface area contributed by atoms with Gasteiger partial charge in [0.2, 0.25) is 0 Å². The van der Waals surface area contributed by atoms with E-state index in [1.54, 1.807) is 18.2 Å². The number of carbonyl (C=O) groups excluding carboxylic acids is 1. The SMILES string of the molecule is Cc1ccc(N(C)c2c(N)cccc2C(N)=O)cc1. The van der Waals surface area contributed by atoms with Gasteiger partial charge in [0.25, 0.3) is 5.91 Å². The molecule has 0 aromatic heterocycles. The van der Waals surface area contributed by atoms with Crippen LogP contribution in [0.15, 0.2) is 42.5 Å². The Labute approximate surface area is 112 Å². The van der Waals surface area contributed by atoms with Crippen LogP contribution < -0.4 is 16.4 Å². The van der Waals surface area contributed by atoms with E-state index in [-0.39, 0.29) is 0 Å². The molecular formula is C15H17N3O. The van der Waals surface area contributed by atoms with Crippen molar-refractivity contribution in [2.75, 3.05) is 17.7 Å². The lowest BCUT2D eigenvalue weighted by atomic mass is 10.1. The Morgan fingerprint density at radius 3 is 2.32 bits per heavy atom. The van der Waals surface area contributed by atoms with E-state index in [4.69, 9.17) is 11.5 Å². The molecule has 19 heavy (non-hydrogen) atoms. The molecule has 0 saturated heterocycles. The number of aryl methyl sites for hydroxylation is 1. The summed E-state index contributed by atoms with van der Waals surface area (Å²) in [6, 6.07) is 13.1. The van der Waals surface area contributed by atoms with E-state index in [9.17, 15) is 4.79 Å². The lowest BCUT2D eigenvalue weighted by Crippen LogP contribution is -2.19. The number of anilines is 3. The summed E-state index contributed by atoms with van der Waals surface area (Å²) in [7, 11) is 1.86. The molecule has 4 nitrogen and oxygen atoms in total. The number of para-hydroxylation sites is 1. The van der Waals surface area contributed by atoms with Gasteiger partial charge in [0.1, 0.15) is 0 Å². The Hall–Kier alpha value is -2.49. The van der Waals surface area contributed by atoms with Crippen LogP contribution in [0.25, 0.3) is 0 Å². The van der Waals surface area contributed by atoms with Crippen LogP contribution in [-0.2, 0) is 0 Å². The predicted molar refractivity (Wildman–Crippen MR) is 78.6 cm³/mol. The minimum absolute atomic E-state index is 0.420. The first kappa shape index (κ1) is 13.0. The summed E-state index contributed by atoms with van der Waals surface area (Å²) in [4.78, 5) is 13.4. The van der Waals surface area contributed by atoms with Gasteiger partial charge in [-0.25, -0.2) is 0 Å². The van der Waals surface area contributed by atoms with Crippen LogP contribution in [0.1, 0.15) is 15.9 Å². The smallest absolute Gasteiger partial charge is 0.250 e. The van der Waals surface area contributed by atoms with Gasteiger partial charge in [0.05, 0.1) is 16.9 Å². The van der Waals surface area contributed by atoms with E-state index in [2.05, 4.69) is 0 Å². The molecule has 2 aromatic rings. The zero-order chi connectivity index (χ0) is 14.0. The number of hydrogen-bond donors (Lipinski definition) is 2. The van der Waals surface area contributed by atoms with Gasteiger partial charge in [0, 0.05) is 12.7 Å². The number of nitrogens with zero attached hydrogens (tertiary/aromatic N) is 1. The maximum atomic E-state index is 11.5. The number of rotatable bonds is 3. The fourth-order valence-electron chi connectivity index (χ4n) is 2.03. The van der Waals surface area contributed by atoms with Crippen molar-refractivity contribution < 1.29 is 4.79 Å². The maximum absolute atomic E-state index is 11.5. The first-order chi connectivity index (χ1) is 9.00. The highest BCUT2D eigenvalue weighted by Gasteiger charge is 2.15. The number of benzene rings is 2. The highest BCUT2D eigenvalue weighted by atomic mass is 16.1. The Bertz CT molecular complexity index is 605. The van der Waals surface area contributed by atoms with Gasteiger partial charge in [-0.05, 0) is 31.2 Å². The van der Waals surface area contributed by atoms with E-state index >= 15 is 0 Å². The van der Waals surface area contributed by atoms with Crippen molar-refractivity contribution in [3.05, 3.63) is 53.6 Å². The van der Waals surface area contributed by atoms with Crippen LogP contribution in [0.3, 0.4) is 0 Å². The molecule has 0 aliphatic rings. The Morgan fingerprint density at radius 1 is 1.11 bits per heavy atom. The van der Waals surface area contributed by atoms with Crippen molar-refractivity contribution in [3.63, 3.8) is 0 Å². The predicted octanol–water partition coefficient (Wildman–Crippen LogP) is 2.44. The zero-order valence-corrected chi connectivity index (χ0v) is 11.1. The molecule has 98 valence electrons. The fourth-order valence-corrected chi connectivity index (χ4v) is 2.03. The highest BCUT2D eigenvalue weighted by Crippen LogP contribution is 2.32. The van der Waals surface area contributed by atoms with Crippen LogP contribution in [0, 0.1) is 6.92 Å². The first-order valence-corrected chi connectivity index (χ1v) is 5.99. The molecule has 0 aliphatic heterocycles. The van der Waals surface area contributed by atoms with Crippen molar-refractivity contribution in [2.24, 2.45) is 5.73 Å². The average molecular weight is 255 g/mol. The van der Waals surface area contributed by atoms with Crippen molar-refractivity contribution in [1.29, 1.82) is 0 Å². The third kappa shape index (κ3) is 2.52. The minimum Gasteiger partial charge on any atom is -0.397 e. The van der Waals surface area contributed by atoms with Gasteiger partial charge in [-0.15, -0.1) is 0 Å². The van der Waals surface area contributed by atoms with Gasteiger partial charge in [-0.1, -0.05) is 23.8 Å². The summed E-state index contributed by atoms with van der Waals surface area (Å²) >= 11 is 0. The molecule has 0 saturated carbocycles. The second-order valence-corrected chi connectivity index (χ2v) is 4.50. The standard InChI is InChI=1S/C15H17N3O/c1-10-6-8-11(9-7-10)18(2)14-12(15(17)19)4-3-5-13(14)16/h3-9H,16H2,1-2H3,(H2,17,19). The summed E-state index contributed by atoms with van der Waals surface area (Å²) < 4.78 is 0. The van der Waals surface area contributed by atoms with Crippen molar-refractivity contribution in [3.8, 4) is 0 Å². The summed E-state index contributed by atoms with van der Waals surface area (Å²) in [6.07, 6.45) is 0. The monoisotopic (exact) mass is 255 g/mol. The molecule has 0 bridgehead atoms. The van der Waals surface area contributed by atoms with Gasteiger partial charge < -0.3 is 16.4 Å². The molecule has 0 spiro atoms. The molecule has 0 fully saturated rings. The molecule has 0 radical (unpaired) electrons. The normalized spacial score (nSPS) is 10.2. The molecule has 4 heteroatoms. The van der Waals surface area contributed by atoms with Crippen LogP contribution in [0.4, 0.5) is 17.1 Å². The molecule has 1 amide bonds. The highest BCUT2D eigenvalue weighted by molar-refractivity contribution is 6.02. The second-order valence-electron chi connectivity index (χ2n) is 4.50. The molecule has 2 aromatic carbocycles. The number of amides is 1. The second kappa shape index (κ2) is 5.02. The van der Waals surface area contributed by atoms with E-state index in [0.29, 0.717) is 16.9 Å². The molecular weight excluding hydrogens is 238 g/mol. The van der Waals surface area contributed by atoms with Crippen LogP contribution in [0.2, 0.25) is 0 Å². The number of hydrogen-bond acceptors (Lipinski definition) is 3. The zero-order valence-electron chi connectivity index (χ0n) is 11.1. The Kier molecular flexibility index (Phi) is 3.42. The van der Waals surface area contributed by atoms with E-state index in [0.717, 1.165) is 5.69 Å². The van der Waals surface area contributed by atoms with Gasteiger partial charge in [-0.3, -0.25) is 4.79 Å². The van der Waals surface area contributed by atoms with Crippen LogP contribution >= 0.6 is 0 Å². The molecule has 0 unspecified atom stereocenters. The van der Waals surface area contributed by atoms with Crippen LogP contribution in [-0.4, -0.2) is 13.0 Å². The topological polar surface area (TPSA) is 72.3 Å². The van der Waals surface area contributed by atoms with Gasteiger partial charge in [-0.2, -0.15) is 0 Å². The van der Waals surface area contributed by atoms with E-state index in [1.165, 1.54) is 5.56 Å². The fraction of sp³-hybridized carbons (Fsp3) is 0.133. The third-order valence-corrected chi connectivity index (χ3v) is 3.09. The minimum atomic E-state index is -0.485. The number of nitrogen functional groups attached to an aromatic ring is 1. The summed E-state index contributed by atoms with van der Waals surface area (Å²) in [5.74, 6) is -0.485. The third-order valence-electron chi connectivity index (χ3n) is 3.09. The van der Waals surface area contributed by atoms with Gasteiger partial charge in [0.15, 0.2) is 0 Å². The summed E-state index contributed by atoms with van der Waals surface area (Å²) in [5, 5.41) is 0. The molecule has 0 heterocycles. The van der Waals surface area contributed by atoms with Gasteiger partial charge >= 0.3 is 0 Å². The maximum Gasteiger partial charge on any atom is 0.250 e. The summed E-state index contributed by atoms with van der Waals surface area (Å²) in [5.41, 5.74) is 15.1. The Morgan fingerprint density at radius 2 is 1.74 bits per heavy atom. The van der Waals surface area contributed by atoms with E-state index in [1.807, 2.05) is 43.1 Å². The lowest BCUT2D eigenvalue weighted by molar-refractivity contribution is 0.100. The molecule has 2 rings (SSSR count). The lowest BCUT2D eigenvalue weighted by Gasteiger charge is -2.23. The van der Waals surface area contributed by atoms with Crippen molar-refractivity contribution >= 4 is 23.0 Å². The largest absolute Gasteiger partial charge is 0.397 e. The summed E-state index contributed by atoms with van der Waals surface area (Å²) in [6.45, 7) is 2.02. The average Bonchev–Trinajstić information content (AvgIpc) is 2.38. The number of nitrogens with two attached hydrogens (primary N) is 2. The van der Waals surface area contributed by atoms with Crippen molar-refractivity contribution in [1.82, 2.24) is 0 Å². The Balaban J connectivity index is 2.52. The number of primary amides is 1. The molecule has 0 aliphatic carbocycles.